The topological polar surface area (TPSA) is 55.3 Å². The number of furan rings is 1. The van der Waals surface area contributed by atoms with E-state index in [2.05, 4.69) is 46.2 Å². The summed E-state index contributed by atoms with van der Waals surface area (Å²) in [7, 11) is 0. The van der Waals surface area contributed by atoms with E-state index in [-0.39, 0.29) is 0 Å². The first-order valence-corrected chi connectivity index (χ1v) is 7.02. The van der Waals surface area contributed by atoms with E-state index >= 15 is 0 Å². The molecule has 0 spiro atoms. The van der Waals surface area contributed by atoms with Crippen LogP contribution in [0.15, 0.2) is 51.6 Å². The molecule has 1 unspecified atom stereocenters. The molecular weight excluding hydrogens is 266 g/mol. The Kier molecular flexibility index (Phi) is 2.77. The van der Waals surface area contributed by atoms with Crippen LogP contribution in [0, 0.1) is 0 Å². The molecule has 106 valence electrons. The number of anilines is 1. The number of hydrogen-bond acceptors (Lipinski definition) is 5. The van der Waals surface area contributed by atoms with Crippen molar-refractivity contribution in [3.63, 3.8) is 0 Å². The molecule has 1 aromatic carbocycles. The average Bonchev–Trinajstić information content (AvgIpc) is 3.20. The van der Waals surface area contributed by atoms with Gasteiger partial charge in [-0.3, -0.25) is 0 Å². The highest BCUT2D eigenvalue weighted by Crippen LogP contribution is 2.33. The van der Waals surface area contributed by atoms with E-state index in [1.807, 2.05) is 12.1 Å². The van der Waals surface area contributed by atoms with E-state index in [1.54, 1.807) is 6.26 Å². The minimum absolute atomic E-state index is 0.432. The maximum absolute atomic E-state index is 5.35. The van der Waals surface area contributed by atoms with E-state index in [0.717, 1.165) is 6.42 Å². The molecule has 0 amide bonds. The summed E-state index contributed by atoms with van der Waals surface area (Å²) < 4.78 is 10.6. The van der Waals surface area contributed by atoms with Crippen molar-refractivity contribution in [3.8, 4) is 11.6 Å². The molecule has 4 rings (SSSR count). The van der Waals surface area contributed by atoms with Gasteiger partial charge < -0.3 is 13.8 Å². The minimum Gasteiger partial charge on any atom is -0.461 e. The molecule has 1 aliphatic heterocycles. The van der Waals surface area contributed by atoms with Gasteiger partial charge in [-0.2, -0.15) is 4.98 Å². The maximum atomic E-state index is 5.35. The second-order valence-electron chi connectivity index (χ2n) is 5.30. The molecule has 3 aromatic rings. The molecule has 1 aliphatic rings. The third kappa shape index (κ3) is 2.11. The summed E-state index contributed by atoms with van der Waals surface area (Å²) in [4.78, 5) is 6.71. The first kappa shape index (κ1) is 12.2. The van der Waals surface area contributed by atoms with Crippen molar-refractivity contribution in [3.05, 3.63) is 54.1 Å². The average molecular weight is 281 g/mol. The lowest BCUT2D eigenvalue weighted by atomic mass is 10.1. The van der Waals surface area contributed by atoms with Crippen molar-refractivity contribution in [2.45, 2.75) is 25.9 Å². The lowest BCUT2D eigenvalue weighted by molar-refractivity contribution is 0.373. The van der Waals surface area contributed by atoms with Gasteiger partial charge >= 0.3 is 0 Å². The van der Waals surface area contributed by atoms with Gasteiger partial charge in [0.05, 0.1) is 12.8 Å². The van der Waals surface area contributed by atoms with Crippen molar-refractivity contribution in [1.82, 2.24) is 10.1 Å². The van der Waals surface area contributed by atoms with Gasteiger partial charge in [0.25, 0.3) is 0 Å². The van der Waals surface area contributed by atoms with Gasteiger partial charge in [0.1, 0.15) is 0 Å². The van der Waals surface area contributed by atoms with E-state index in [0.29, 0.717) is 30.1 Å². The SMILES string of the molecule is CC1Cc2ccccc2N1Cc1nc(-c2ccco2)no1. The van der Waals surface area contributed by atoms with Crippen LogP contribution in [-0.4, -0.2) is 16.2 Å². The second kappa shape index (κ2) is 4.77. The van der Waals surface area contributed by atoms with E-state index < -0.39 is 0 Å². The van der Waals surface area contributed by atoms with Crippen LogP contribution in [0.3, 0.4) is 0 Å². The van der Waals surface area contributed by atoms with Gasteiger partial charge in [-0.15, -0.1) is 0 Å². The highest BCUT2D eigenvalue weighted by atomic mass is 16.5. The van der Waals surface area contributed by atoms with Crippen molar-refractivity contribution in [1.29, 1.82) is 0 Å². The highest BCUT2D eigenvalue weighted by Gasteiger charge is 2.27. The zero-order valence-electron chi connectivity index (χ0n) is 11.7. The Hall–Kier alpha value is -2.56. The van der Waals surface area contributed by atoms with Gasteiger partial charge in [-0.1, -0.05) is 23.4 Å². The molecule has 0 radical (unpaired) electrons. The number of fused-ring (bicyclic) bond motifs is 1. The standard InChI is InChI=1S/C16H15N3O2/c1-11-9-12-5-2-3-6-13(12)19(11)10-15-17-16(18-21-15)14-7-4-8-20-14/h2-8,11H,9-10H2,1H3. The molecule has 0 fully saturated rings. The lowest BCUT2D eigenvalue weighted by Gasteiger charge is -2.22. The predicted octanol–water partition coefficient (Wildman–Crippen LogP) is 3.28. The molecule has 0 saturated heterocycles. The fraction of sp³-hybridized carbons (Fsp3) is 0.250. The molecule has 0 saturated carbocycles. The molecular formula is C16H15N3O2. The molecule has 2 aromatic heterocycles. The number of rotatable bonds is 3. The van der Waals surface area contributed by atoms with Crippen LogP contribution in [0.25, 0.3) is 11.6 Å². The summed E-state index contributed by atoms with van der Waals surface area (Å²) in [6.07, 6.45) is 2.65. The number of para-hydroxylation sites is 1. The Balaban J connectivity index is 1.59. The first-order valence-electron chi connectivity index (χ1n) is 7.02. The van der Waals surface area contributed by atoms with Crippen LogP contribution >= 0.6 is 0 Å². The first-order chi connectivity index (χ1) is 10.3. The number of nitrogens with zero attached hydrogens (tertiary/aromatic N) is 3. The van der Waals surface area contributed by atoms with Crippen molar-refractivity contribution >= 4 is 5.69 Å². The van der Waals surface area contributed by atoms with Gasteiger partial charge in [0.2, 0.25) is 11.7 Å². The molecule has 0 aliphatic carbocycles. The van der Waals surface area contributed by atoms with E-state index in [4.69, 9.17) is 8.94 Å². The fourth-order valence-corrected chi connectivity index (χ4v) is 2.84. The fourth-order valence-electron chi connectivity index (χ4n) is 2.84. The van der Waals surface area contributed by atoms with Crippen LogP contribution in [0.5, 0.6) is 0 Å². The molecule has 1 atom stereocenters. The quantitative estimate of drug-likeness (QED) is 0.737. The molecule has 0 N–H and O–H groups in total. The van der Waals surface area contributed by atoms with E-state index in [9.17, 15) is 0 Å². The molecule has 3 heterocycles. The van der Waals surface area contributed by atoms with Crippen LogP contribution in [0.1, 0.15) is 18.4 Å². The van der Waals surface area contributed by atoms with Crippen molar-refractivity contribution < 1.29 is 8.94 Å². The largest absolute Gasteiger partial charge is 0.461 e. The maximum Gasteiger partial charge on any atom is 0.246 e. The van der Waals surface area contributed by atoms with E-state index in [1.165, 1.54) is 11.3 Å². The monoisotopic (exact) mass is 281 g/mol. The molecule has 5 nitrogen and oxygen atoms in total. The van der Waals surface area contributed by atoms with Crippen LogP contribution in [0.4, 0.5) is 5.69 Å². The Morgan fingerprint density at radius 1 is 1.24 bits per heavy atom. The second-order valence-corrected chi connectivity index (χ2v) is 5.30. The Labute approximate surface area is 122 Å². The highest BCUT2D eigenvalue weighted by molar-refractivity contribution is 5.59. The number of aromatic nitrogens is 2. The van der Waals surface area contributed by atoms with Gasteiger partial charge in [-0.25, -0.2) is 0 Å². The molecule has 0 bridgehead atoms. The zero-order chi connectivity index (χ0) is 14.2. The number of hydrogen-bond donors (Lipinski definition) is 0. The van der Waals surface area contributed by atoms with Crippen molar-refractivity contribution in [2.24, 2.45) is 0 Å². The minimum atomic E-state index is 0.432. The van der Waals surface area contributed by atoms with Crippen molar-refractivity contribution in [2.75, 3.05) is 4.90 Å². The lowest BCUT2D eigenvalue weighted by Crippen LogP contribution is -2.28. The summed E-state index contributed by atoms with van der Waals surface area (Å²) in [6.45, 7) is 2.83. The summed E-state index contributed by atoms with van der Waals surface area (Å²) >= 11 is 0. The Morgan fingerprint density at radius 3 is 3.00 bits per heavy atom. The third-order valence-corrected chi connectivity index (χ3v) is 3.86. The smallest absolute Gasteiger partial charge is 0.246 e. The summed E-state index contributed by atoms with van der Waals surface area (Å²) in [5.74, 6) is 1.72. The Bertz CT molecular complexity index is 748. The van der Waals surface area contributed by atoms with Crippen LogP contribution < -0.4 is 4.90 Å². The normalized spacial score (nSPS) is 17.2. The summed E-state index contributed by atoms with van der Waals surface area (Å²) in [6, 6.07) is 12.5. The van der Waals surface area contributed by atoms with Crippen LogP contribution in [0.2, 0.25) is 0 Å². The third-order valence-electron chi connectivity index (χ3n) is 3.86. The van der Waals surface area contributed by atoms with Gasteiger partial charge in [0.15, 0.2) is 5.76 Å². The summed E-state index contributed by atoms with van der Waals surface area (Å²) in [5, 5.41) is 3.98. The van der Waals surface area contributed by atoms with Gasteiger partial charge in [0, 0.05) is 11.7 Å². The zero-order valence-corrected chi connectivity index (χ0v) is 11.7. The predicted molar refractivity (Wildman–Crippen MR) is 77.8 cm³/mol. The number of benzene rings is 1. The molecule has 21 heavy (non-hydrogen) atoms. The molecule has 5 heteroatoms. The summed E-state index contributed by atoms with van der Waals surface area (Å²) in [5.41, 5.74) is 2.62. The van der Waals surface area contributed by atoms with Crippen LogP contribution in [-0.2, 0) is 13.0 Å². The Morgan fingerprint density at radius 2 is 2.14 bits per heavy atom. The van der Waals surface area contributed by atoms with Gasteiger partial charge in [-0.05, 0) is 37.1 Å².